The van der Waals surface area contributed by atoms with Gasteiger partial charge in [0.1, 0.15) is 0 Å². The van der Waals surface area contributed by atoms with Gasteiger partial charge in [-0.25, -0.2) is 0 Å². The molecule has 2 aromatic rings. The molecule has 0 bridgehead atoms. The van der Waals surface area contributed by atoms with Crippen molar-refractivity contribution in [3.8, 4) is 10.7 Å². The molecule has 3 heterocycles. The molecule has 1 saturated heterocycles. The fourth-order valence-corrected chi connectivity index (χ4v) is 3.40. The highest BCUT2D eigenvalue weighted by molar-refractivity contribution is 7.13. The van der Waals surface area contributed by atoms with E-state index in [9.17, 15) is 4.79 Å². The van der Waals surface area contributed by atoms with Gasteiger partial charge in [0.05, 0.1) is 4.88 Å². The van der Waals surface area contributed by atoms with Gasteiger partial charge in [-0.2, -0.15) is 4.98 Å². The second-order valence-corrected chi connectivity index (χ2v) is 6.85. The van der Waals surface area contributed by atoms with Gasteiger partial charge in [0.25, 0.3) is 0 Å². The van der Waals surface area contributed by atoms with Crippen molar-refractivity contribution in [1.29, 1.82) is 0 Å². The summed E-state index contributed by atoms with van der Waals surface area (Å²) in [6.45, 7) is 4.02. The summed E-state index contributed by atoms with van der Waals surface area (Å²) in [5.41, 5.74) is 0. The summed E-state index contributed by atoms with van der Waals surface area (Å²) in [5.74, 6) is 2.08. The molecular weight excluding hydrogens is 298 g/mol. The monoisotopic (exact) mass is 319 g/mol. The lowest BCUT2D eigenvalue weighted by Gasteiger charge is -2.20. The van der Waals surface area contributed by atoms with Crippen LogP contribution in [-0.4, -0.2) is 34.0 Å². The van der Waals surface area contributed by atoms with Crippen LogP contribution in [0, 0.1) is 5.92 Å². The van der Waals surface area contributed by atoms with Crippen LogP contribution in [0.2, 0.25) is 0 Å². The summed E-state index contributed by atoms with van der Waals surface area (Å²) < 4.78 is 5.24. The molecule has 22 heavy (non-hydrogen) atoms. The van der Waals surface area contributed by atoms with Gasteiger partial charge in [-0.15, -0.1) is 11.3 Å². The third-order valence-corrected chi connectivity index (χ3v) is 5.00. The number of carbonyl (C=O) groups is 1. The molecule has 3 rings (SSSR count). The van der Waals surface area contributed by atoms with Crippen molar-refractivity contribution < 1.29 is 9.32 Å². The maximum absolute atomic E-state index is 12.3. The zero-order chi connectivity index (χ0) is 15.4. The van der Waals surface area contributed by atoms with Crippen molar-refractivity contribution in [2.24, 2.45) is 5.92 Å². The number of likely N-dealkylation sites (tertiary alicyclic amines) is 1. The number of hydrogen-bond acceptors (Lipinski definition) is 5. The van der Waals surface area contributed by atoms with E-state index in [1.165, 1.54) is 6.42 Å². The third kappa shape index (κ3) is 3.74. The molecule has 1 aliphatic heterocycles. The van der Waals surface area contributed by atoms with Crippen molar-refractivity contribution in [3.05, 3.63) is 23.4 Å². The van der Waals surface area contributed by atoms with Gasteiger partial charge in [-0.3, -0.25) is 4.79 Å². The molecule has 6 heteroatoms. The number of rotatable bonds is 4. The van der Waals surface area contributed by atoms with Gasteiger partial charge in [0.2, 0.25) is 17.6 Å². The molecule has 2 aromatic heterocycles. The summed E-state index contributed by atoms with van der Waals surface area (Å²) in [6, 6.07) is 3.92. The van der Waals surface area contributed by atoms with E-state index in [4.69, 9.17) is 4.52 Å². The highest BCUT2D eigenvalue weighted by Crippen LogP contribution is 2.22. The van der Waals surface area contributed by atoms with Crippen LogP contribution in [0.5, 0.6) is 0 Å². The first-order valence-electron chi connectivity index (χ1n) is 7.86. The topological polar surface area (TPSA) is 59.2 Å². The second kappa shape index (κ2) is 7.05. The number of amides is 1. The van der Waals surface area contributed by atoms with E-state index in [2.05, 4.69) is 17.1 Å². The van der Waals surface area contributed by atoms with Crippen molar-refractivity contribution in [2.45, 2.75) is 39.0 Å². The van der Waals surface area contributed by atoms with Crippen LogP contribution in [0.4, 0.5) is 0 Å². The van der Waals surface area contributed by atoms with Crippen molar-refractivity contribution in [1.82, 2.24) is 15.0 Å². The Balaban J connectivity index is 1.53. The van der Waals surface area contributed by atoms with Gasteiger partial charge >= 0.3 is 0 Å². The Morgan fingerprint density at radius 1 is 1.45 bits per heavy atom. The molecule has 118 valence electrons. The number of carbonyl (C=O) groups excluding carboxylic acids is 1. The minimum Gasteiger partial charge on any atom is -0.343 e. The lowest BCUT2D eigenvalue weighted by molar-refractivity contribution is -0.131. The highest BCUT2D eigenvalue weighted by Gasteiger charge is 2.19. The molecule has 1 atom stereocenters. The Labute approximate surface area is 134 Å². The van der Waals surface area contributed by atoms with Gasteiger partial charge in [0, 0.05) is 25.9 Å². The molecule has 0 radical (unpaired) electrons. The molecule has 0 aromatic carbocycles. The first-order valence-corrected chi connectivity index (χ1v) is 8.74. The van der Waals surface area contributed by atoms with E-state index in [0.717, 1.165) is 36.7 Å². The van der Waals surface area contributed by atoms with Crippen LogP contribution >= 0.6 is 11.3 Å². The SMILES string of the molecule is C[C@H]1CCCN(C(=O)CCc2nc(-c3cccs3)no2)CC1. The number of hydrogen-bond donors (Lipinski definition) is 0. The Hall–Kier alpha value is -1.69. The summed E-state index contributed by atoms with van der Waals surface area (Å²) in [5, 5.41) is 5.95. The molecular formula is C16H21N3O2S. The molecule has 0 spiro atoms. The van der Waals surface area contributed by atoms with Crippen LogP contribution in [0.1, 0.15) is 38.5 Å². The average molecular weight is 319 g/mol. The maximum Gasteiger partial charge on any atom is 0.227 e. The predicted molar refractivity (Wildman–Crippen MR) is 85.5 cm³/mol. The van der Waals surface area contributed by atoms with E-state index < -0.39 is 0 Å². The summed E-state index contributed by atoms with van der Waals surface area (Å²) >= 11 is 1.58. The van der Waals surface area contributed by atoms with E-state index in [-0.39, 0.29) is 5.91 Å². The molecule has 0 aliphatic carbocycles. The van der Waals surface area contributed by atoms with Crippen LogP contribution in [0.25, 0.3) is 10.7 Å². The quantitative estimate of drug-likeness (QED) is 0.867. The second-order valence-electron chi connectivity index (χ2n) is 5.91. The first-order chi connectivity index (χ1) is 10.7. The van der Waals surface area contributed by atoms with Crippen molar-refractivity contribution in [2.75, 3.05) is 13.1 Å². The highest BCUT2D eigenvalue weighted by atomic mass is 32.1. The summed E-state index contributed by atoms with van der Waals surface area (Å²) in [6.07, 6.45) is 4.39. The predicted octanol–water partition coefficient (Wildman–Crippen LogP) is 3.38. The van der Waals surface area contributed by atoms with Crippen LogP contribution in [0.3, 0.4) is 0 Å². The molecule has 1 aliphatic rings. The zero-order valence-electron chi connectivity index (χ0n) is 12.8. The zero-order valence-corrected chi connectivity index (χ0v) is 13.6. The standard InChI is InChI=1S/C16H21N3O2S/c1-12-4-2-9-19(10-8-12)15(20)7-6-14-17-16(18-21-14)13-5-3-11-22-13/h3,5,11-12H,2,4,6-10H2,1H3/t12-/m0/s1. The van der Waals surface area contributed by atoms with Crippen molar-refractivity contribution in [3.63, 3.8) is 0 Å². The molecule has 1 fully saturated rings. The summed E-state index contributed by atoms with van der Waals surface area (Å²) in [7, 11) is 0. The minimum atomic E-state index is 0.199. The lowest BCUT2D eigenvalue weighted by Crippen LogP contribution is -2.32. The molecule has 0 N–H and O–H groups in total. The Morgan fingerprint density at radius 2 is 2.36 bits per heavy atom. The normalized spacial score (nSPS) is 19.1. The van der Waals surface area contributed by atoms with E-state index in [1.54, 1.807) is 11.3 Å². The number of aromatic nitrogens is 2. The van der Waals surface area contributed by atoms with E-state index >= 15 is 0 Å². The number of aryl methyl sites for hydroxylation is 1. The third-order valence-electron chi connectivity index (χ3n) is 4.13. The molecule has 0 unspecified atom stereocenters. The summed E-state index contributed by atoms with van der Waals surface area (Å²) in [4.78, 5) is 19.6. The van der Waals surface area contributed by atoms with Crippen LogP contribution < -0.4 is 0 Å². The lowest BCUT2D eigenvalue weighted by atomic mass is 10.0. The Bertz CT molecular complexity index is 609. The Morgan fingerprint density at radius 3 is 3.18 bits per heavy atom. The molecule has 0 saturated carbocycles. The van der Waals surface area contributed by atoms with Gasteiger partial charge in [-0.05, 0) is 36.6 Å². The average Bonchev–Trinajstić information content (AvgIpc) is 3.15. The molecule has 1 amide bonds. The fraction of sp³-hybridized carbons (Fsp3) is 0.562. The van der Waals surface area contributed by atoms with Gasteiger partial charge < -0.3 is 9.42 Å². The van der Waals surface area contributed by atoms with Crippen molar-refractivity contribution >= 4 is 17.2 Å². The largest absolute Gasteiger partial charge is 0.343 e. The fourth-order valence-electron chi connectivity index (χ4n) is 2.75. The Kier molecular flexibility index (Phi) is 4.87. The molecule has 5 nitrogen and oxygen atoms in total. The maximum atomic E-state index is 12.3. The first kappa shape index (κ1) is 15.2. The van der Waals surface area contributed by atoms with Gasteiger partial charge in [0.15, 0.2) is 0 Å². The van der Waals surface area contributed by atoms with E-state index in [1.807, 2.05) is 22.4 Å². The number of nitrogens with zero attached hydrogens (tertiary/aromatic N) is 3. The van der Waals surface area contributed by atoms with Crippen LogP contribution in [-0.2, 0) is 11.2 Å². The smallest absolute Gasteiger partial charge is 0.227 e. The van der Waals surface area contributed by atoms with Crippen LogP contribution in [0.15, 0.2) is 22.0 Å². The number of thiophene rings is 1. The van der Waals surface area contributed by atoms with E-state index in [0.29, 0.717) is 24.6 Å². The van der Waals surface area contributed by atoms with Gasteiger partial charge in [-0.1, -0.05) is 18.1 Å². The minimum absolute atomic E-state index is 0.199.